The Hall–Kier alpha value is -1.00. The molecular weight excluding hydrogens is 259 g/mol. The molecule has 19 heavy (non-hydrogen) atoms. The highest BCUT2D eigenvalue weighted by Gasteiger charge is 2.18. The summed E-state index contributed by atoms with van der Waals surface area (Å²) in [6, 6.07) is 5.26. The highest BCUT2D eigenvalue weighted by atomic mass is 32.1. The second-order valence-electron chi connectivity index (χ2n) is 5.49. The van der Waals surface area contributed by atoms with Gasteiger partial charge in [-0.2, -0.15) is 0 Å². The van der Waals surface area contributed by atoms with E-state index in [0.717, 1.165) is 12.5 Å². The van der Waals surface area contributed by atoms with Crippen molar-refractivity contribution in [2.24, 2.45) is 11.7 Å². The minimum atomic E-state index is -0.270. The maximum atomic E-state index is 14.2. The van der Waals surface area contributed by atoms with Gasteiger partial charge in [-0.1, -0.05) is 37.2 Å². The van der Waals surface area contributed by atoms with Crippen LogP contribution in [-0.2, 0) is 6.54 Å². The van der Waals surface area contributed by atoms with E-state index in [9.17, 15) is 4.39 Å². The maximum absolute atomic E-state index is 14.2. The molecule has 0 unspecified atom stereocenters. The molecule has 1 aliphatic carbocycles. The third-order valence-electron chi connectivity index (χ3n) is 3.83. The first-order valence-corrected chi connectivity index (χ1v) is 7.24. The Morgan fingerprint density at radius 3 is 2.74 bits per heavy atom. The predicted molar refractivity (Wildman–Crippen MR) is 80.6 cm³/mol. The van der Waals surface area contributed by atoms with Gasteiger partial charge in [0.05, 0.1) is 0 Å². The van der Waals surface area contributed by atoms with Crippen LogP contribution in [0.1, 0.15) is 36.8 Å². The molecule has 0 aromatic heterocycles. The molecule has 0 amide bonds. The van der Waals surface area contributed by atoms with E-state index in [0.29, 0.717) is 17.7 Å². The average Bonchev–Trinajstić information content (AvgIpc) is 2.84. The highest BCUT2D eigenvalue weighted by molar-refractivity contribution is 7.80. The molecule has 0 saturated heterocycles. The Balaban J connectivity index is 2.01. The predicted octanol–water partition coefficient (Wildman–Crippen LogP) is 3.08. The quantitative estimate of drug-likeness (QED) is 0.841. The Morgan fingerprint density at radius 2 is 2.11 bits per heavy atom. The minimum absolute atomic E-state index is 0.123. The van der Waals surface area contributed by atoms with Gasteiger partial charge >= 0.3 is 0 Å². The molecule has 1 saturated carbocycles. The van der Waals surface area contributed by atoms with Gasteiger partial charge in [0, 0.05) is 24.2 Å². The van der Waals surface area contributed by atoms with Crippen molar-refractivity contribution in [3.05, 3.63) is 35.1 Å². The largest absolute Gasteiger partial charge is 0.389 e. The van der Waals surface area contributed by atoms with Gasteiger partial charge in [-0.15, -0.1) is 0 Å². The number of nitrogens with zero attached hydrogens (tertiary/aromatic N) is 1. The number of thiocarbonyl (C=S) groups is 1. The second kappa shape index (κ2) is 6.44. The number of halogens is 1. The summed E-state index contributed by atoms with van der Waals surface area (Å²) in [7, 11) is 2.05. The lowest BCUT2D eigenvalue weighted by molar-refractivity contribution is 0.268. The maximum Gasteiger partial charge on any atom is 0.137 e. The summed E-state index contributed by atoms with van der Waals surface area (Å²) in [5.41, 5.74) is 6.55. The van der Waals surface area contributed by atoms with Crippen LogP contribution in [0.4, 0.5) is 4.39 Å². The van der Waals surface area contributed by atoms with Crippen LogP contribution < -0.4 is 5.73 Å². The van der Waals surface area contributed by atoms with E-state index in [1.54, 1.807) is 6.07 Å². The number of benzene rings is 1. The molecule has 1 aromatic rings. The first-order valence-electron chi connectivity index (χ1n) is 6.83. The van der Waals surface area contributed by atoms with Gasteiger partial charge in [-0.3, -0.25) is 0 Å². The Bertz CT molecular complexity index is 455. The van der Waals surface area contributed by atoms with E-state index >= 15 is 0 Å². The zero-order valence-corrected chi connectivity index (χ0v) is 12.2. The van der Waals surface area contributed by atoms with Gasteiger partial charge in [0.2, 0.25) is 0 Å². The zero-order chi connectivity index (χ0) is 13.8. The smallest absolute Gasteiger partial charge is 0.137 e. The molecule has 0 aliphatic heterocycles. The summed E-state index contributed by atoms with van der Waals surface area (Å²) in [6.07, 6.45) is 5.28. The van der Waals surface area contributed by atoms with Crippen molar-refractivity contribution in [1.82, 2.24) is 4.90 Å². The molecule has 1 aliphatic rings. The third kappa shape index (κ3) is 3.74. The van der Waals surface area contributed by atoms with Gasteiger partial charge < -0.3 is 10.6 Å². The van der Waals surface area contributed by atoms with E-state index in [-0.39, 0.29) is 10.8 Å². The number of hydrogen-bond acceptors (Lipinski definition) is 2. The van der Waals surface area contributed by atoms with Gasteiger partial charge in [-0.05, 0) is 31.9 Å². The Morgan fingerprint density at radius 1 is 1.42 bits per heavy atom. The van der Waals surface area contributed by atoms with E-state index in [1.807, 2.05) is 19.2 Å². The molecule has 4 heteroatoms. The standard InChI is InChI=1S/C15H21FN2S/c1-18(9-11-5-2-3-6-11)10-12-7-4-8-13(14(12)16)15(17)19/h4,7-8,11H,2-3,5-6,9-10H2,1H3,(H2,17,19). The van der Waals surface area contributed by atoms with E-state index < -0.39 is 0 Å². The van der Waals surface area contributed by atoms with Crippen LogP contribution in [0.2, 0.25) is 0 Å². The van der Waals surface area contributed by atoms with Crippen molar-refractivity contribution < 1.29 is 4.39 Å². The van der Waals surface area contributed by atoms with Gasteiger partial charge in [0.1, 0.15) is 10.8 Å². The van der Waals surface area contributed by atoms with Crippen molar-refractivity contribution in [2.75, 3.05) is 13.6 Å². The van der Waals surface area contributed by atoms with Crippen LogP contribution in [0.25, 0.3) is 0 Å². The Kier molecular flexibility index (Phi) is 4.88. The van der Waals surface area contributed by atoms with Crippen LogP contribution in [0, 0.1) is 11.7 Å². The van der Waals surface area contributed by atoms with E-state index in [1.165, 1.54) is 25.7 Å². The summed E-state index contributed by atoms with van der Waals surface area (Å²) in [6.45, 7) is 1.65. The van der Waals surface area contributed by atoms with Gasteiger partial charge in [-0.25, -0.2) is 4.39 Å². The lowest BCUT2D eigenvalue weighted by atomic mass is 10.1. The summed E-state index contributed by atoms with van der Waals surface area (Å²) in [4.78, 5) is 2.32. The normalized spacial score (nSPS) is 16.2. The fraction of sp³-hybridized carbons (Fsp3) is 0.533. The number of hydrogen-bond donors (Lipinski definition) is 1. The fourth-order valence-electron chi connectivity index (χ4n) is 2.88. The van der Waals surface area contributed by atoms with Crippen LogP contribution in [-0.4, -0.2) is 23.5 Å². The molecule has 1 aromatic carbocycles. The monoisotopic (exact) mass is 280 g/mol. The van der Waals surface area contributed by atoms with Crippen molar-refractivity contribution in [2.45, 2.75) is 32.2 Å². The molecule has 2 rings (SSSR count). The highest BCUT2D eigenvalue weighted by Crippen LogP contribution is 2.25. The third-order valence-corrected chi connectivity index (χ3v) is 4.05. The summed E-state index contributed by atoms with van der Waals surface area (Å²) >= 11 is 4.86. The van der Waals surface area contributed by atoms with Crippen LogP contribution >= 0.6 is 12.2 Å². The molecule has 0 atom stereocenters. The lowest BCUT2D eigenvalue weighted by Crippen LogP contribution is -2.25. The Labute approximate surface area is 119 Å². The lowest BCUT2D eigenvalue weighted by Gasteiger charge is -2.21. The fourth-order valence-corrected chi connectivity index (χ4v) is 3.04. The summed E-state index contributed by atoms with van der Waals surface area (Å²) in [5.74, 6) is 0.500. The summed E-state index contributed by atoms with van der Waals surface area (Å²) < 4.78 is 14.2. The molecule has 0 bridgehead atoms. The van der Waals surface area contributed by atoms with Crippen molar-refractivity contribution >= 4 is 17.2 Å². The second-order valence-corrected chi connectivity index (χ2v) is 5.93. The molecule has 1 fully saturated rings. The SMILES string of the molecule is CN(Cc1cccc(C(N)=S)c1F)CC1CCCC1. The zero-order valence-electron chi connectivity index (χ0n) is 11.4. The van der Waals surface area contributed by atoms with Gasteiger partial charge in [0.25, 0.3) is 0 Å². The van der Waals surface area contributed by atoms with E-state index in [2.05, 4.69) is 4.90 Å². The molecule has 104 valence electrons. The number of nitrogens with two attached hydrogens (primary N) is 1. The molecular formula is C15H21FN2S. The molecule has 0 spiro atoms. The van der Waals surface area contributed by atoms with Crippen LogP contribution in [0.15, 0.2) is 18.2 Å². The van der Waals surface area contributed by atoms with Gasteiger partial charge in [0.15, 0.2) is 0 Å². The van der Waals surface area contributed by atoms with Crippen LogP contribution in [0.3, 0.4) is 0 Å². The molecule has 2 N–H and O–H groups in total. The first-order chi connectivity index (χ1) is 9.08. The molecule has 0 heterocycles. The first kappa shape index (κ1) is 14.4. The molecule has 0 radical (unpaired) electrons. The molecule has 2 nitrogen and oxygen atoms in total. The van der Waals surface area contributed by atoms with Crippen LogP contribution in [0.5, 0.6) is 0 Å². The topological polar surface area (TPSA) is 29.3 Å². The van der Waals surface area contributed by atoms with E-state index in [4.69, 9.17) is 18.0 Å². The van der Waals surface area contributed by atoms with Crippen molar-refractivity contribution in [1.29, 1.82) is 0 Å². The van der Waals surface area contributed by atoms with Crippen molar-refractivity contribution in [3.63, 3.8) is 0 Å². The van der Waals surface area contributed by atoms with Crippen molar-refractivity contribution in [3.8, 4) is 0 Å². The number of rotatable bonds is 5. The average molecular weight is 280 g/mol. The summed E-state index contributed by atoms with van der Waals surface area (Å²) in [5, 5.41) is 0. The minimum Gasteiger partial charge on any atom is -0.389 e.